The third-order valence-electron chi connectivity index (χ3n) is 4.62. The molecule has 2 aliphatic rings. The predicted molar refractivity (Wildman–Crippen MR) is 74.8 cm³/mol. The van der Waals surface area contributed by atoms with Crippen LogP contribution in [0.15, 0.2) is 18.2 Å². The highest BCUT2D eigenvalue weighted by atomic mass is 35.5. The number of hydrogen-bond donors (Lipinski definition) is 1. The third kappa shape index (κ3) is 1.83. The standard InChI is InChI=1S/C14H16Cl2FNO/c1-19-8-13-6-14(13,12(17)5-18-7-13)9-2-3-10(15)11(16)4-9/h2-4,12,18H,5-8H2,1H3/t12-,13+,14+/m0/s1. The molecule has 104 valence electrons. The van der Waals surface area contributed by atoms with Gasteiger partial charge in [-0.3, -0.25) is 0 Å². The molecule has 3 atom stereocenters. The van der Waals surface area contributed by atoms with E-state index in [0.29, 0.717) is 23.2 Å². The fraction of sp³-hybridized carbons (Fsp3) is 0.571. The largest absolute Gasteiger partial charge is 0.384 e. The van der Waals surface area contributed by atoms with Gasteiger partial charge in [-0.25, -0.2) is 4.39 Å². The number of alkyl halides is 1. The first-order valence-electron chi connectivity index (χ1n) is 6.35. The van der Waals surface area contributed by atoms with Gasteiger partial charge in [0, 0.05) is 31.0 Å². The van der Waals surface area contributed by atoms with Gasteiger partial charge in [-0.15, -0.1) is 0 Å². The molecule has 1 saturated heterocycles. The molecule has 19 heavy (non-hydrogen) atoms. The Labute approximate surface area is 122 Å². The maximum Gasteiger partial charge on any atom is 0.123 e. The van der Waals surface area contributed by atoms with Crippen molar-refractivity contribution < 1.29 is 9.13 Å². The number of piperidine rings is 1. The van der Waals surface area contributed by atoms with Crippen molar-refractivity contribution in [3.05, 3.63) is 33.8 Å². The van der Waals surface area contributed by atoms with E-state index in [0.717, 1.165) is 18.5 Å². The molecule has 1 aromatic carbocycles. The van der Waals surface area contributed by atoms with Gasteiger partial charge in [0.05, 0.1) is 16.7 Å². The molecule has 0 bridgehead atoms. The lowest BCUT2D eigenvalue weighted by atomic mass is 9.80. The number of halogens is 3. The summed E-state index contributed by atoms with van der Waals surface area (Å²) in [7, 11) is 1.66. The van der Waals surface area contributed by atoms with E-state index in [9.17, 15) is 4.39 Å². The highest BCUT2D eigenvalue weighted by molar-refractivity contribution is 6.42. The van der Waals surface area contributed by atoms with Gasteiger partial charge in [0.25, 0.3) is 0 Å². The van der Waals surface area contributed by atoms with Crippen LogP contribution in [0.4, 0.5) is 4.39 Å². The summed E-state index contributed by atoms with van der Waals surface area (Å²) in [5.74, 6) is 0. The summed E-state index contributed by atoms with van der Waals surface area (Å²) in [5.41, 5.74) is 0.312. The monoisotopic (exact) mass is 303 g/mol. The molecule has 3 rings (SSSR count). The molecular formula is C14H16Cl2FNO. The lowest BCUT2D eigenvalue weighted by Crippen LogP contribution is -2.48. The van der Waals surface area contributed by atoms with E-state index in [1.54, 1.807) is 19.2 Å². The van der Waals surface area contributed by atoms with Crippen molar-refractivity contribution >= 4 is 23.2 Å². The molecule has 0 radical (unpaired) electrons. The third-order valence-corrected chi connectivity index (χ3v) is 5.35. The van der Waals surface area contributed by atoms with Gasteiger partial charge in [-0.2, -0.15) is 0 Å². The summed E-state index contributed by atoms with van der Waals surface area (Å²) < 4.78 is 19.9. The molecule has 0 spiro atoms. The molecule has 5 heteroatoms. The van der Waals surface area contributed by atoms with Crippen LogP contribution in [0, 0.1) is 5.41 Å². The second-order valence-electron chi connectivity index (χ2n) is 5.59. The van der Waals surface area contributed by atoms with Gasteiger partial charge in [0.1, 0.15) is 6.17 Å². The Hall–Kier alpha value is -0.350. The molecule has 1 aliphatic carbocycles. The van der Waals surface area contributed by atoms with Crippen molar-refractivity contribution in [2.75, 3.05) is 26.8 Å². The Kier molecular flexibility index (Phi) is 3.29. The van der Waals surface area contributed by atoms with E-state index in [-0.39, 0.29) is 5.41 Å². The number of nitrogens with one attached hydrogen (secondary N) is 1. The van der Waals surface area contributed by atoms with Crippen LogP contribution in [-0.4, -0.2) is 33.0 Å². The van der Waals surface area contributed by atoms with Gasteiger partial charge in [0.2, 0.25) is 0 Å². The Bertz CT molecular complexity index is 508. The summed E-state index contributed by atoms with van der Waals surface area (Å²) in [4.78, 5) is 0. The zero-order valence-corrected chi connectivity index (χ0v) is 12.2. The minimum atomic E-state index is -0.923. The molecule has 0 unspecified atom stereocenters. The summed E-state index contributed by atoms with van der Waals surface area (Å²) in [6, 6.07) is 5.45. The van der Waals surface area contributed by atoms with Crippen molar-refractivity contribution in [1.82, 2.24) is 5.32 Å². The molecule has 1 saturated carbocycles. The Balaban J connectivity index is 2.03. The van der Waals surface area contributed by atoms with Crippen LogP contribution in [-0.2, 0) is 10.2 Å². The molecule has 1 heterocycles. The Morgan fingerprint density at radius 3 is 2.89 bits per heavy atom. The molecule has 1 N–H and O–H groups in total. The molecule has 1 aromatic rings. The SMILES string of the molecule is COC[C@@]12CNC[C@H](F)[C@]1(c1ccc(Cl)c(Cl)c1)C2. The minimum absolute atomic E-state index is 0.156. The lowest BCUT2D eigenvalue weighted by Gasteiger charge is -2.34. The van der Waals surface area contributed by atoms with Gasteiger partial charge in [-0.1, -0.05) is 29.3 Å². The maximum atomic E-state index is 14.6. The van der Waals surface area contributed by atoms with Crippen molar-refractivity contribution in [1.29, 1.82) is 0 Å². The van der Waals surface area contributed by atoms with E-state index < -0.39 is 11.6 Å². The highest BCUT2D eigenvalue weighted by Gasteiger charge is 2.73. The van der Waals surface area contributed by atoms with E-state index in [1.807, 2.05) is 6.07 Å². The van der Waals surface area contributed by atoms with Crippen LogP contribution in [0.1, 0.15) is 12.0 Å². The van der Waals surface area contributed by atoms with Crippen LogP contribution in [0.5, 0.6) is 0 Å². The van der Waals surface area contributed by atoms with Crippen molar-refractivity contribution in [3.8, 4) is 0 Å². The molecule has 0 aromatic heterocycles. The second kappa shape index (κ2) is 4.59. The average molecular weight is 304 g/mol. The van der Waals surface area contributed by atoms with Crippen molar-refractivity contribution in [2.24, 2.45) is 5.41 Å². The zero-order chi connectivity index (χ0) is 13.7. The zero-order valence-electron chi connectivity index (χ0n) is 10.7. The topological polar surface area (TPSA) is 21.3 Å². The van der Waals surface area contributed by atoms with Gasteiger partial charge >= 0.3 is 0 Å². The summed E-state index contributed by atoms with van der Waals surface area (Å²) >= 11 is 12.0. The fourth-order valence-corrected chi connectivity index (χ4v) is 3.93. The first-order chi connectivity index (χ1) is 9.06. The van der Waals surface area contributed by atoms with Crippen molar-refractivity contribution in [3.63, 3.8) is 0 Å². The molecular weight excluding hydrogens is 288 g/mol. The predicted octanol–water partition coefficient (Wildman–Crippen LogP) is 3.21. The first kappa shape index (κ1) is 13.6. The normalized spacial score (nSPS) is 36.9. The minimum Gasteiger partial charge on any atom is -0.384 e. The van der Waals surface area contributed by atoms with E-state index in [4.69, 9.17) is 27.9 Å². The fourth-order valence-electron chi connectivity index (χ4n) is 3.64. The molecule has 0 amide bonds. The summed E-state index contributed by atoms with van der Waals surface area (Å²) in [5, 5.41) is 4.15. The summed E-state index contributed by atoms with van der Waals surface area (Å²) in [6.45, 7) is 1.72. The number of fused-ring (bicyclic) bond motifs is 1. The smallest absolute Gasteiger partial charge is 0.123 e. The van der Waals surface area contributed by atoms with Gasteiger partial charge in [0.15, 0.2) is 0 Å². The van der Waals surface area contributed by atoms with E-state index in [2.05, 4.69) is 5.32 Å². The molecule has 2 fully saturated rings. The molecule has 1 aliphatic heterocycles. The number of rotatable bonds is 3. The Morgan fingerprint density at radius 1 is 1.42 bits per heavy atom. The Morgan fingerprint density at radius 2 is 2.21 bits per heavy atom. The van der Waals surface area contributed by atoms with Crippen LogP contribution >= 0.6 is 23.2 Å². The van der Waals surface area contributed by atoms with Crippen LogP contribution in [0.25, 0.3) is 0 Å². The van der Waals surface area contributed by atoms with Crippen LogP contribution in [0.3, 0.4) is 0 Å². The average Bonchev–Trinajstić information content (AvgIpc) is 3.05. The summed E-state index contributed by atoms with van der Waals surface area (Å²) in [6.07, 6.45) is -0.131. The van der Waals surface area contributed by atoms with Crippen LogP contribution in [0.2, 0.25) is 10.0 Å². The molecule has 2 nitrogen and oxygen atoms in total. The number of benzene rings is 1. The van der Waals surface area contributed by atoms with Crippen molar-refractivity contribution in [2.45, 2.75) is 18.0 Å². The van der Waals surface area contributed by atoms with Crippen LogP contribution < -0.4 is 5.32 Å². The van der Waals surface area contributed by atoms with E-state index in [1.165, 1.54) is 0 Å². The highest BCUT2D eigenvalue weighted by Crippen LogP contribution is 2.68. The second-order valence-corrected chi connectivity index (χ2v) is 6.40. The van der Waals surface area contributed by atoms with E-state index >= 15 is 0 Å². The maximum absolute atomic E-state index is 14.6. The lowest BCUT2D eigenvalue weighted by molar-refractivity contribution is 0.0866. The number of ether oxygens (including phenoxy) is 1. The van der Waals surface area contributed by atoms with Gasteiger partial charge in [-0.05, 0) is 24.1 Å². The van der Waals surface area contributed by atoms with Gasteiger partial charge < -0.3 is 10.1 Å². The first-order valence-corrected chi connectivity index (χ1v) is 7.11. The number of methoxy groups -OCH3 is 1. The number of hydrogen-bond acceptors (Lipinski definition) is 2. The quantitative estimate of drug-likeness (QED) is 0.926.